The van der Waals surface area contributed by atoms with Crippen LogP contribution in [-0.2, 0) is 4.74 Å². The van der Waals surface area contributed by atoms with Crippen LogP contribution in [0, 0.1) is 11.3 Å². The molecule has 0 spiro atoms. The lowest BCUT2D eigenvalue weighted by Gasteiger charge is -2.07. The third-order valence-corrected chi connectivity index (χ3v) is 2.55. The molecule has 0 N–H and O–H groups in total. The van der Waals surface area contributed by atoms with E-state index in [-0.39, 0.29) is 15.9 Å². The fourth-order valence-corrected chi connectivity index (χ4v) is 1.54. The van der Waals surface area contributed by atoms with Crippen LogP contribution in [0.25, 0.3) is 0 Å². The number of pyridine rings is 1. The fourth-order valence-electron chi connectivity index (χ4n) is 0.997. The summed E-state index contributed by atoms with van der Waals surface area (Å²) >= 11 is 2.83. The predicted molar refractivity (Wildman–Crippen MR) is 52.9 cm³/mol. The molecule has 0 atom stereocenters. The van der Waals surface area contributed by atoms with Crippen molar-refractivity contribution in [1.82, 2.24) is 4.98 Å². The van der Waals surface area contributed by atoms with Crippen molar-refractivity contribution in [1.29, 1.82) is 5.26 Å². The van der Waals surface area contributed by atoms with Crippen LogP contribution in [0.2, 0.25) is 0 Å². The Morgan fingerprint density at radius 2 is 2.31 bits per heavy atom. The van der Waals surface area contributed by atoms with Gasteiger partial charge in [0.2, 0.25) is 0 Å². The van der Waals surface area contributed by atoms with Crippen LogP contribution in [0.5, 0.6) is 0 Å². The van der Waals surface area contributed by atoms with Crippen molar-refractivity contribution >= 4 is 21.9 Å². The van der Waals surface area contributed by atoms with Gasteiger partial charge in [0, 0.05) is 5.56 Å². The molecule has 84 valence electrons. The molecular weight excluding hydrogens is 286 g/mol. The molecule has 0 saturated carbocycles. The van der Waals surface area contributed by atoms with Gasteiger partial charge in [-0.05, 0) is 22.0 Å². The van der Waals surface area contributed by atoms with Crippen LogP contribution < -0.4 is 0 Å². The number of hydrogen-bond acceptors (Lipinski definition) is 4. The zero-order valence-electron chi connectivity index (χ0n) is 8.00. The first-order valence-corrected chi connectivity index (χ1v) is 4.77. The monoisotopic (exact) mass is 290 g/mol. The van der Waals surface area contributed by atoms with Crippen LogP contribution in [-0.4, -0.2) is 18.1 Å². The molecule has 0 aliphatic rings. The number of hydrogen-bond donors (Lipinski definition) is 0. The number of ether oxygens (including phenoxy) is 1. The molecular formula is C9H5BrF2N2O2. The highest BCUT2D eigenvalue weighted by Crippen LogP contribution is 2.30. The summed E-state index contributed by atoms with van der Waals surface area (Å²) in [7, 11) is 1.09. The van der Waals surface area contributed by atoms with Crippen molar-refractivity contribution in [2.45, 2.75) is 6.43 Å². The molecule has 0 amide bonds. The van der Waals surface area contributed by atoms with Gasteiger partial charge in [-0.25, -0.2) is 18.6 Å². The molecule has 0 radical (unpaired) electrons. The van der Waals surface area contributed by atoms with Gasteiger partial charge in [0.05, 0.1) is 11.6 Å². The Morgan fingerprint density at radius 3 is 2.75 bits per heavy atom. The second kappa shape index (κ2) is 4.99. The minimum Gasteiger partial charge on any atom is -0.464 e. The van der Waals surface area contributed by atoms with Gasteiger partial charge in [-0.15, -0.1) is 0 Å². The van der Waals surface area contributed by atoms with Crippen LogP contribution >= 0.6 is 15.9 Å². The van der Waals surface area contributed by atoms with Gasteiger partial charge in [0.1, 0.15) is 11.8 Å². The highest BCUT2D eigenvalue weighted by atomic mass is 79.9. The van der Waals surface area contributed by atoms with E-state index in [1.54, 1.807) is 6.07 Å². The van der Waals surface area contributed by atoms with Crippen molar-refractivity contribution in [3.8, 4) is 6.07 Å². The summed E-state index contributed by atoms with van der Waals surface area (Å²) < 4.78 is 29.4. The van der Waals surface area contributed by atoms with Crippen LogP contribution in [0.1, 0.15) is 28.2 Å². The van der Waals surface area contributed by atoms with Crippen LogP contribution in [0.4, 0.5) is 8.78 Å². The van der Waals surface area contributed by atoms with Crippen LogP contribution in [0.15, 0.2) is 10.5 Å². The highest BCUT2D eigenvalue weighted by Gasteiger charge is 2.22. The van der Waals surface area contributed by atoms with Crippen molar-refractivity contribution in [2.75, 3.05) is 7.11 Å². The number of esters is 1. The number of alkyl halides is 2. The molecule has 0 bridgehead atoms. The van der Waals surface area contributed by atoms with Crippen LogP contribution in [0.3, 0.4) is 0 Å². The summed E-state index contributed by atoms with van der Waals surface area (Å²) in [5.41, 5.74) is -1.07. The third-order valence-electron chi connectivity index (χ3n) is 1.71. The quantitative estimate of drug-likeness (QED) is 0.785. The van der Waals surface area contributed by atoms with E-state index in [0.29, 0.717) is 0 Å². The summed E-state index contributed by atoms with van der Waals surface area (Å²) in [5, 5.41) is 8.59. The number of carbonyl (C=O) groups excluding carboxylic acids is 1. The van der Waals surface area contributed by atoms with Crippen molar-refractivity contribution in [3.63, 3.8) is 0 Å². The molecule has 0 fully saturated rings. The molecule has 1 aromatic rings. The molecule has 0 aromatic carbocycles. The van der Waals surface area contributed by atoms with Gasteiger partial charge >= 0.3 is 5.97 Å². The second-order valence-corrected chi connectivity index (χ2v) is 3.46. The molecule has 0 saturated heterocycles. The maximum atomic E-state index is 12.6. The summed E-state index contributed by atoms with van der Waals surface area (Å²) in [5.74, 6) is -0.883. The molecule has 4 nitrogen and oxygen atoms in total. The summed E-state index contributed by atoms with van der Waals surface area (Å²) in [6.45, 7) is 0. The number of methoxy groups -OCH3 is 1. The van der Waals surface area contributed by atoms with Crippen molar-refractivity contribution in [3.05, 3.63) is 27.5 Å². The lowest BCUT2D eigenvalue weighted by molar-refractivity contribution is 0.0592. The number of nitriles is 1. The Morgan fingerprint density at radius 1 is 1.69 bits per heavy atom. The smallest absolute Gasteiger partial charge is 0.357 e. The summed E-state index contributed by atoms with van der Waals surface area (Å²) in [4.78, 5) is 14.8. The van der Waals surface area contributed by atoms with Gasteiger partial charge in [-0.3, -0.25) is 0 Å². The first kappa shape index (κ1) is 12.5. The Hall–Kier alpha value is -1.55. The van der Waals surface area contributed by atoms with Gasteiger partial charge < -0.3 is 4.74 Å². The maximum absolute atomic E-state index is 12.6. The zero-order chi connectivity index (χ0) is 12.3. The van der Waals surface area contributed by atoms with Crippen molar-refractivity contribution in [2.24, 2.45) is 0 Å². The molecule has 0 unspecified atom stereocenters. The molecule has 16 heavy (non-hydrogen) atoms. The average Bonchev–Trinajstić information content (AvgIpc) is 2.28. The standard InChI is InChI=1S/C9H5BrF2N2O2/c1-16-9(15)7-6(10)5(8(11)12)2-4(3-13)14-7/h2,8H,1H3. The van der Waals surface area contributed by atoms with E-state index in [2.05, 4.69) is 25.7 Å². The summed E-state index contributed by atoms with van der Waals surface area (Å²) in [6.07, 6.45) is -2.81. The SMILES string of the molecule is COC(=O)c1nc(C#N)cc(C(F)F)c1Br. The Balaban J connectivity index is 3.44. The fraction of sp³-hybridized carbons (Fsp3) is 0.222. The first-order chi connectivity index (χ1) is 7.51. The molecule has 7 heteroatoms. The third kappa shape index (κ3) is 2.33. The minimum atomic E-state index is -2.81. The lowest BCUT2D eigenvalue weighted by atomic mass is 10.2. The van der Waals surface area contributed by atoms with Gasteiger partial charge in [0.15, 0.2) is 5.69 Å². The van der Waals surface area contributed by atoms with Gasteiger partial charge in [0.25, 0.3) is 6.43 Å². The molecule has 0 aliphatic carbocycles. The second-order valence-electron chi connectivity index (χ2n) is 2.66. The largest absolute Gasteiger partial charge is 0.464 e. The normalized spacial score (nSPS) is 10.0. The Labute approximate surface area is 98.0 Å². The van der Waals surface area contributed by atoms with E-state index in [1.807, 2.05) is 0 Å². The molecule has 1 rings (SSSR count). The van der Waals surface area contributed by atoms with E-state index in [9.17, 15) is 13.6 Å². The number of halogens is 3. The number of nitrogens with zero attached hydrogens (tertiary/aromatic N) is 2. The highest BCUT2D eigenvalue weighted by molar-refractivity contribution is 9.10. The lowest BCUT2D eigenvalue weighted by Crippen LogP contribution is -2.08. The minimum absolute atomic E-state index is 0.159. The molecule has 0 aliphatic heterocycles. The number of rotatable bonds is 2. The molecule has 1 aromatic heterocycles. The van der Waals surface area contributed by atoms with E-state index in [4.69, 9.17) is 5.26 Å². The van der Waals surface area contributed by atoms with Gasteiger partial charge in [-0.1, -0.05) is 0 Å². The van der Waals surface area contributed by atoms with E-state index in [1.165, 1.54) is 0 Å². The van der Waals surface area contributed by atoms with E-state index in [0.717, 1.165) is 13.2 Å². The maximum Gasteiger partial charge on any atom is 0.357 e. The Bertz CT molecular complexity index is 471. The van der Waals surface area contributed by atoms with E-state index < -0.39 is 18.0 Å². The number of carbonyl (C=O) groups is 1. The first-order valence-electron chi connectivity index (χ1n) is 3.98. The van der Waals surface area contributed by atoms with E-state index >= 15 is 0 Å². The average molecular weight is 291 g/mol. The zero-order valence-corrected chi connectivity index (χ0v) is 9.59. The van der Waals surface area contributed by atoms with Gasteiger partial charge in [-0.2, -0.15) is 5.26 Å². The summed E-state index contributed by atoms with van der Waals surface area (Å²) in [6, 6.07) is 2.51. The topological polar surface area (TPSA) is 63.0 Å². The predicted octanol–water partition coefficient (Wildman–Crippen LogP) is 2.44. The molecule has 1 heterocycles. The number of aromatic nitrogens is 1. The van der Waals surface area contributed by atoms with Crippen molar-refractivity contribution < 1.29 is 18.3 Å². The Kier molecular flexibility index (Phi) is 3.90.